The van der Waals surface area contributed by atoms with Gasteiger partial charge in [0.05, 0.1) is 0 Å². The molecule has 23 heavy (non-hydrogen) atoms. The minimum atomic E-state index is -0.511. The summed E-state index contributed by atoms with van der Waals surface area (Å²) in [6.07, 6.45) is -0.335. The molecular weight excluding hydrogens is 298 g/mol. The van der Waals surface area contributed by atoms with E-state index in [2.05, 4.69) is 10.4 Å². The molecule has 0 aliphatic carbocycles. The predicted molar refractivity (Wildman–Crippen MR) is 86.3 cm³/mol. The van der Waals surface area contributed by atoms with Gasteiger partial charge in [0.25, 0.3) is 0 Å². The largest absolute Gasteiger partial charge is 0.444 e. The number of ether oxygens (including phenoxy) is 1. The normalized spacial score (nSPS) is 15.5. The summed E-state index contributed by atoms with van der Waals surface area (Å²) in [5.74, 6) is 0.532. The molecular formula is C15H25N5O3. The molecule has 0 bridgehead atoms. The van der Waals surface area contributed by atoms with E-state index in [4.69, 9.17) is 4.74 Å². The summed E-state index contributed by atoms with van der Waals surface area (Å²) >= 11 is 0. The van der Waals surface area contributed by atoms with Crippen molar-refractivity contribution in [3.63, 3.8) is 0 Å². The second-order valence-electron chi connectivity index (χ2n) is 6.68. The first-order valence-corrected chi connectivity index (χ1v) is 7.70. The molecule has 8 nitrogen and oxygen atoms in total. The molecule has 1 N–H and O–H groups in total. The number of hydrogen-bond acceptors (Lipinski definition) is 4. The number of carbonyl (C=O) groups excluding carboxylic acids is 2. The van der Waals surface area contributed by atoms with Gasteiger partial charge in [0, 0.05) is 45.0 Å². The fraction of sp³-hybridized carbons (Fsp3) is 0.667. The molecule has 8 heteroatoms. The molecule has 0 unspecified atom stereocenters. The van der Waals surface area contributed by atoms with Crippen LogP contribution >= 0.6 is 0 Å². The summed E-state index contributed by atoms with van der Waals surface area (Å²) in [6.45, 7) is 9.29. The lowest BCUT2D eigenvalue weighted by atomic mass is 10.2. The molecule has 0 saturated carbocycles. The van der Waals surface area contributed by atoms with Gasteiger partial charge >= 0.3 is 12.1 Å². The Balaban J connectivity index is 1.84. The van der Waals surface area contributed by atoms with Crippen molar-refractivity contribution in [2.45, 2.75) is 33.3 Å². The van der Waals surface area contributed by atoms with Crippen molar-refractivity contribution in [3.05, 3.63) is 11.8 Å². The number of piperazine rings is 1. The maximum atomic E-state index is 12.2. The van der Waals surface area contributed by atoms with Gasteiger partial charge < -0.3 is 14.5 Å². The molecule has 2 rings (SSSR count). The number of aryl methyl sites for hydroxylation is 2. The van der Waals surface area contributed by atoms with E-state index in [1.807, 2.05) is 40.8 Å². The molecule has 128 valence electrons. The zero-order valence-corrected chi connectivity index (χ0v) is 14.4. The summed E-state index contributed by atoms with van der Waals surface area (Å²) < 4.78 is 7.04. The summed E-state index contributed by atoms with van der Waals surface area (Å²) in [4.78, 5) is 27.5. The van der Waals surface area contributed by atoms with Crippen LogP contribution in [0.3, 0.4) is 0 Å². The first kappa shape index (κ1) is 17.1. The number of amides is 3. The molecule has 3 amide bonds. The second-order valence-corrected chi connectivity index (χ2v) is 6.68. The van der Waals surface area contributed by atoms with Crippen LogP contribution in [0.5, 0.6) is 0 Å². The van der Waals surface area contributed by atoms with Crippen LogP contribution in [0.2, 0.25) is 0 Å². The highest BCUT2D eigenvalue weighted by Crippen LogP contribution is 2.13. The molecule has 1 aromatic heterocycles. The summed E-state index contributed by atoms with van der Waals surface area (Å²) in [6, 6.07) is 1.61. The Hall–Kier alpha value is -2.25. The molecule has 2 heterocycles. The smallest absolute Gasteiger partial charge is 0.410 e. The molecule has 1 aliphatic heterocycles. The second kappa shape index (κ2) is 6.47. The van der Waals surface area contributed by atoms with Gasteiger partial charge in [0.1, 0.15) is 5.60 Å². The lowest BCUT2D eigenvalue weighted by Crippen LogP contribution is -2.52. The Morgan fingerprint density at radius 3 is 2.22 bits per heavy atom. The Kier molecular flexibility index (Phi) is 4.82. The molecule has 0 atom stereocenters. The maximum absolute atomic E-state index is 12.2. The van der Waals surface area contributed by atoms with Crippen molar-refractivity contribution in [1.82, 2.24) is 19.6 Å². The zero-order chi connectivity index (χ0) is 17.2. The number of nitrogens with zero attached hydrogens (tertiary/aromatic N) is 4. The minimum absolute atomic E-state index is 0.202. The van der Waals surface area contributed by atoms with Gasteiger partial charge in [0.15, 0.2) is 5.82 Å². The van der Waals surface area contributed by atoms with Crippen LogP contribution < -0.4 is 5.32 Å². The van der Waals surface area contributed by atoms with Crippen LogP contribution in [0.4, 0.5) is 15.4 Å². The van der Waals surface area contributed by atoms with Crippen molar-refractivity contribution in [1.29, 1.82) is 0 Å². The van der Waals surface area contributed by atoms with E-state index in [1.165, 1.54) is 0 Å². The van der Waals surface area contributed by atoms with Crippen molar-refractivity contribution in [2.24, 2.45) is 7.05 Å². The van der Waals surface area contributed by atoms with E-state index >= 15 is 0 Å². The van der Waals surface area contributed by atoms with Crippen LogP contribution in [-0.4, -0.2) is 63.5 Å². The molecule has 1 fully saturated rings. The summed E-state index contributed by atoms with van der Waals surface area (Å²) in [5, 5.41) is 6.98. The van der Waals surface area contributed by atoms with Gasteiger partial charge in [-0.1, -0.05) is 0 Å². The number of rotatable bonds is 1. The van der Waals surface area contributed by atoms with Gasteiger partial charge in [-0.15, -0.1) is 0 Å². The summed E-state index contributed by atoms with van der Waals surface area (Å²) in [7, 11) is 1.82. The van der Waals surface area contributed by atoms with E-state index < -0.39 is 5.60 Å². The van der Waals surface area contributed by atoms with Crippen LogP contribution in [0.1, 0.15) is 26.5 Å². The molecule has 0 spiro atoms. The lowest BCUT2D eigenvalue weighted by Gasteiger charge is -2.35. The minimum Gasteiger partial charge on any atom is -0.444 e. The number of carbonyl (C=O) groups is 2. The third-order valence-electron chi connectivity index (χ3n) is 3.57. The van der Waals surface area contributed by atoms with Gasteiger partial charge in [0.2, 0.25) is 0 Å². The first-order chi connectivity index (χ1) is 10.7. The molecule has 1 aliphatic rings. The van der Waals surface area contributed by atoms with Crippen molar-refractivity contribution in [2.75, 3.05) is 31.5 Å². The van der Waals surface area contributed by atoms with Crippen molar-refractivity contribution >= 4 is 17.9 Å². The van der Waals surface area contributed by atoms with Crippen molar-refractivity contribution < 1.29 is 14.3 Å². The number of hydrogen-bond donors (Lipinski definition) is 1. The maximum Gasteiger partial charge on any atom is 0.410 e. The Morgan fingerprint density at radius 1 is 1.17 bits per heavy atom. The predicted octanol–water partition coefficient (Wildman–Crippen LogP) is 1.81. The van der Waals surface area contributed by atoms with Gasteiger partial charge in [-0.25, -0.2) is 9.59 Å². The van der Waals surface area contributed by atoms with E-state index in [0.29, 0.717) is 32.0 Å². The average Bonchev–Trinajstić information content (AvgIpc) is 2.75. The van der Waals surface area contributed by atoms with Crippen molar-refractivity contribution in [3.8, 4) is 0 Å². The van der Waals surface area contributed by atoms with E-state index in [9.17, 15) is 9.59 Å². The topological polar surface area (TPSA) is 79.7 Å². The van der Waals surface area contributed by atoms with Gasteiger partial charge in [-0.2, -0.15) is 5.10 Å². The van der Waals surface area contributed by atoms with Crippen LogP contribution in [-0.2, 0) is 11.8 Å². The number of aromatic nitrogens is 2. The zero-order valence-electron chi connectivity index (χ0n) is 14.4. The number of nitrogens with one attached hydrogen (secondary N) is 1. The lowest BCUT2D eigenvalue weighted by molar-refractivity contribution is 0.0174. The Labute approximate surface area is 136 Å². The van der Waals surface area contributed by atoms with Gasteiger partial charge in [-0.3, -0.25) is 10.00 Å². The van der Waals surface area contributed by atoms with Gasteiger partial charge in [-0.05, 0) is 27.7 Å². The Bertz CT molecular complexity index is 563. The molecule has 0 radical (unpaired) electrons. The Morgan fingerprint density at radius 2 is 1.74 bits per heavy atom. The quantitative estimate of drug-likeness (QED) is 0.855. The van der Waals surface area contributed by atoms with Crippen LogP contribution in [0.15, 0.2) is 6.07 Å². The number of urea groups is 1. The molecule has 1 saturated heterocycles. The highest BCUT2D eigenvalue weighted by Gasteiger charge is 2.27. The van der Waals surface area contributed by atoms with Crippen LogP contribution in [0, 0.1) is 6.92 Å². The third kappa shape index (κ3) is 4.61. The van der Waals surface area contributed by atoms with E-state index in [1.54, 1.807) is 14.5 Å². The summed E-state index contributed by atoms with van der Waals surface area (Å²) in [5.41, 5.74) is 0.456. The fourth-order valence-corrected chi connectivity index (χ4v) is 2.23. The average molecular weight is 323 g/mol. The molecule has 0 aromatic carbocycles. The monoisotopic (exact) mass is 323 g/mol. The SMILES string of the molecule is Cc1cc(NC(=O)N2CCN(C(=O)OC(C)(C)C)CC2)nn1C. The molecule has 1 aromatic rings. The highest BCUT2D eigenvalue weighted by molar-refractivity contribution is 5.88. The third-order valence-corrected chi connectivity index (χ3v) is 3.57. The van der Waals surface area contributed by atoms with Crippen LogP contribution in [0.25, 0.3) is 0 Å². The first-order valence-electron chi connectivity index (χ1n) is 7.70. The van der Waals surface area contributed by atoms with E-state index in [0.717, 1.165) is 5.69 Å². The highest BCUT2D eigenvalue weighted by atomic mass is 16.6. The number of anilines is 1. The van der Waals surface area contributed by atoms with E-state index in [-0.39, 0.29) is 12.1 Å². The fourth-order valence-electron chi connectivity index (χ4n) is 2.23. The standard InChI is InChI=1S/C15H25N5O3/c1-11-10-12(17-18(11)5)16-13(21)19-6-8-20(9-7-19)14(22)23-15(2,3)4/h10H,6-9H2,1-5H3,(H,16,17,21).